The first-order valence-electron chi connectivity index (χ1n) is 9.23. The van der Waals surface area contributed by atoms with Crippen molar-refractivity contribution in [1.82, 2.24) is 20.4 Å². The number of nitrogens with zero attached hydrogens (tertiary/aromatic N) is 3. The molecule has 1 N–H and O–H groups in total. The van der Waals surface area contributed by atoms with Crippen molar-refractivity contribution < 1.29 is 18.8 Å². The molecule has 0 aliphatic carbocycles. The normalized spacial score (nSPS) is 12.9. The molecule has 3 amide bonds. The molecule has 1 aromatic heterocycles. The van der Waals surface area contributed by atoms with Crippen molar-refractivity contribution in [3.8, 4) is 11.5 Å². The molecule has 0 saturated carbocycles. The van der Waals surface area contributed by atoms with Gasteiger partial charge in [-0.15, -0.1) is 10.2 Å². The highest BCUT2D eigenvalue weighted by molar-refractivity contribution is 6.21. The molecule has 2 heterocycles. The lowest BCUT2D eigenvalue weighted by Gasteiger charge is -2.13. The van der Waals surface area contributed by atoms with E-state index in [1.807, 2.05) is 30.3 Å². The number of rotatable bonds is 7. The monoisotopic (exact) mass is 390 g/mol. The summed E-state index contributed by atoms with van der Waals surface area (Å²) in [4.78, 5) is 37.8. The van der Waals surface area contributed by atoms with Gasteiger partial charge in [0, 0.05) is 18.5 Å². The van der Waals surface area contributed by atoms with E-state index in [1.165, 1.54) is 4.90 Å². The largest absolute Gasteiger partial charge is 0.419 e. The van der Waals surface area contributed by atoms with Gasteiger partial charge in [0.2, 0.25) is 17.7 Å². The quantitative estimate of drug-likeness (QED) is 0.621. The lowest BCUT2D eigenvalue weighted by Crippen LogP contribution is -2.32. The maximum Gasteiger partial charge on any atom is 0.261 e. The predicted molar refractivity (Wildman–Crippen MR) is 103 cm³/mol. The Balaban J connectivity index is 1.24. The van der Waals surface area contributed by atoms with Crippen LogP contribution in [0.4, 0.5) is 0 Å². The summed E-state index contributed by atoms with van der Waals surface area (Å²) in [6.07, 6.45) is 0.545. The summed E-state index contributed by atoms with van der Waals surface area (Å²) >= 11 is 0. The number of amides is 3. The zero-order valence-corrected chi connectivity index (χ0v) is 15.5. The number of imide groups is 1. The molecule has 0 unspecified atom stereocenters. The Hall–Kier alpha value is -3.81. The fraction of sp³-hybridized carbons (Fsp3) is 0.190. The molecule has 8 heteroatoms. The van der Waals surface area contributed by atoms with E-state index in [0.717, 1.165) is 5.56 Å². The summed E-state index contributed by atoms with van der Waals surface area (Å²) in [5, 5.41) is 10.6. The van der Waals surface area contributed by atoms with Gasteiger partial charge in [-0.3, -0.25) is 19.3 Å². The predicted octanol–water partition coefficient (Wildman–Crippen LogP) is 2.43. The third-order valence-electron chi connectivity index (χ3n) is 4.59. The number of benzene rings is 2. The molecule has 8 nitrogen and oxygen atoms in total. The highest BCUT2D eigenvalue weighted by Crippen LogP contribution is 2.22. The van der Waals surface area contributed by atoms with Gasteiger partial charge >= 0.3 is 0 Å². The topological polar surface area (TPSA) is 105 Å². The number of fused-ring (bicyclic) bond motifs is 1. The molecule has 3 aromatic rings. The maximum atomic E-state index is 12.3. The minimum Gasteiger partial charge on any atom is -0.419 e. The van der Waals surface area contributed by atoms with Gasteiger partial charge in [-0.05, 0) is 30.7 Å². The number of carbonyl (C=O) groups is 3. The zero-order valence-electron chi connectivity index (χ0n) is 15.5. The van der Waals surface area contributed by atoms with E-state index < -0.39 is 0 Å². The Morgan fingerprint density at radius 2 is 1.59 bits per heavy atom. The average molecular weight is 390 g/mol. The summed E-state index contributed by atoms with van der Waals surface area (Å²) in [7, 11) is 0. The van der Waals surface area contributed by atoms with Crippen LogP contribution in [0.3, 0.4) is 0 Å². The van der Waals surface area contributed by atoms with Crippen LogP contribution in [0.5, 0.6) is 0 Å². The van der Waals surface area contributed by atoms with Gasteiger partial charge in [-0.25, -0.2) is 0 Å². The van der Waals surface area contributed by atoms with Crippen molar-refractivity contribution in [1.29, 1.82) is 0 Å². The maximum absolute atomic E-state index is 12.3. The standard InChI is InChI=1S/C21H18N4O4/c26-17(22-13-18-23-24-19(29-18)14-7-2-1-3-8-14)11-6-12-25-20(27)15-9-4-5-10-16(15)21(25)28/h1-5,7-10H,6,11-13H2,(H,22,26). The lowest BCUT2D eigenvalue weighted by atomic mass is 10.1. The fourth-order valence-electron chi connectivity index (χ4n) is 3.12. The Morgan fingerprint density at radius 1 is 0.931 bits per heavy atom. The minimum atomic E-state index is -0.315. The summed E-state index contributed by atoms with van der Waals surface area (Å²) in [6.45, 7) is 0.310. The minimum absolute atomic E-state index is 0.117. The second-order valence-electron chi connectivity index (χ2n) is 6.55. The second kappa shape index (κ2) is 8.05. The Kier molecular flexibility index (Phi) is 5.15. The molecule has 1 aliphatic heterocycles. The summed E-state index contributed by atoms with van der Waals surface area (Å²) < 4.78 is 5.54. The summed E-state index contributed by atoms with van der Waals surface area (Å²) in [5.74, 6) is -0.158. The SMILES string of the molecule is O=C(CCCN1C(=O)c2ccccc2C1=O)NCc1nnc(-c2ccccc2)o1. The van der Waals surface area contributed by atoms with E-state index in [1.54, 1.807) is 24.3 Å². The Morgan fingerprint density at radius 3 is 2.28 bits per heavy atom. The molecule has 0 bridgehead atoms. The zero-order chi connectivity index (χ0) is 20.2. The molecular formula is C21H18N4O4. The molecule has 1 aliphatic rings. The van der Waals surface area contributed by atoms with Crippen molar-refractivity contribution in [3.63, 3.8) is 0 Å². The van der Waals surface area contributed by atoms with Crippen LogP contribution in [-0.4, -0.2) is 39.4 Å². The van der Waals surface area contributed by atoms with Crippen LogP contribution in [0.25, 0.3) is 11.5 Å². The van der Waals surface area contributed by atoms with Gasteiger partial charge in [0.15, 0.2) is 0 Å². The van der Waals surface area contributed by atoms with E-state index in [0.29, 0.717) is 29.3 Å². The van der Waals surface area contributed by atoms with Crippen molar-refractivity contribution in [2.75, 3.05) is 6.54 Å². The van der Waals surface area contributed by atoms with Crippen molar-refractivity contribution in [3.05, 3.63) is 71.6 Å². The first-order chi connectivity index (χ1) is 14.1. The van der Waals surface area contributed by atoms with E-state index in [-0.39, 0.29) is 37.2 Å². The van der Waals surface area contributed by atoms with Crippen LogP contribution >= 0.6 is 0 Å². The lowest BCUT2D eigenvalue weighted by molar-refractivity contribution is -0.121. The van der Waals surface area contributed by atoms with Crippen LogP contribution in [0.15, 0.2) is 59.0 Å². The molecule has 0 spiro atoms. The molecule has 0 saturated heterocycles. The summed E-state index contributed by atoms with van der Waals surface area (Å²) in [6, 6.07) is 16.1. The average Bonchev–Trinajstić information content (AvgIpc) is 3.32. The van der Waals surface area contributed by atoms with Crippen molar-refractivity contribution in [2.24, 2.45) is 0 Å². The number of hydrogen-bond acceptors (Lipinski definition) is 6. The third kappa shape index (κ3) is 3.91. The number of nitrogens with one attached hydrogen (secondary N) is 1. The van der Waals surface area contributed by atoms with E-state index >= 15 is 0 Å². The van der Waals surface area contributed by atoms with Crippen LogP contribution < -0.4 is 5.32 Å². The van der Waals surface area contributed by atoms with Gasteiger partial charge in [-0.2, -0.15) is 0 Å². The van der Waals surface area contributed by atoms with E-state index in [2.05, 4.69) is 15.5 Å². The van der Waals surface area contributed by atoms with E-state index in [4.69, 9.17) is 4.42 Å². The third-order valence-corrected chi connectivity index (χ3v) is 4.59. The van der Waals surface area contributed by atoms with Crippen molar-refractivity contribution in [2.45, 2.75) is 19.4 Å². The first kappa shape index (κ1) is 18.5. The van der Waals surface area contributed by atoms with Gasteiger partial charge < -0.3 is 9.73 Å². The molecule has 146 valence electrons. The molecule has 0 radical (unpaired) electrons. The van der Waals surface area contributed by atoms with Crippen LogP contribution in [0, 0.1) is 0 Å². The molecule has 0 fully saturated rings. The van der Waals surface area contributed by atoms with Crippen LogP contribution in [0.2, 0.25) is 0 Å². The Labute approximate surface area is 166 Å². The first-order valence-corrected chi connectivity index (χ1v) is 9.23. The molecule has 4 rings (SSSR count). The van der Waals surface area contributed by atoms with Gasteiger partial charge in [0.05, 0.1) is 17.7 Å². The van der Waals surface area contributed by atoms with Gasteiger partial charge in [-0.1, -0.05) is 30.3 Å². The summed E-state index contributed by atoms with van der Waals surface area (Å²) in [5.41, 5.74) is 1.62. The molecule has 29 heavy (non-hydrogen) atoms. The second-order valence-corrected chi connectivity index (χ2v) is 6.55. The number of hydrogen-bond donors (Lipinski definition) is 1. The van der Waals surface area contributed by atoms with Crippen LogP contribution in [-0.2, 0) is 11.3 Å². The van der Waals surface area contributed by atoms with Gasteiger partial charge in [0.1, 0.15) is 0 Å². The highest BCUT2D eigenvalue weighted by Gasteiger charge is 2.34. The van der Waals surface area contributed by atoms with E-state index in [9.17, 15) is 14.4 Å². The highest BCUT2D eigenvalue weighted by atomic mass is 16.4. The van der Waals surface area contributed by atoms with Gasteiger partial charge in [0.25, 0.3) is 11.8 Å². The number of aromatic nitrogens is 2. The number of carbonyl (C=O) groups excluding carboxylic acids is 3. The molecule has 2 aromatic carbocycles. The smallest absolute Gasteiger partial charge is 0.261 e. The molecular weight excluding hydrogens is 372 g/mol. The van der Waals surface area contributed by atoms with Crippen molar-refractivity contribution >= 4 is 17.7 Å². The van der Waals surface area contributed by atoms with Crippen LogP contribution in [0.1, 0.15) is 39.4 Å². The molecule has 0 atom stereocenters. The Bertz CT molecular complexity index is 1030. The fourth-order valence-corrected chi connectivity index (χ4v) is 3.12.